The molecule has 0 atom stereocenters. The zero-order valence-corrected chi connectivity index (χ0v) is 12.7. The average molecular weight is 294 g/mol. The van der Waals surface area contributed by atoms with Crippen LogP contribution in [0.2, 0.25) is 5.28 Å². The minimum atomic E-state index is 0.258. The Morgan fingerprint density at radius 1 is 1.30 bits per heavy atom. The van der Waals surface area contributed by atoms with E-state index < -0.39 is 0 Å². The van der Waals surface area contributed by atoms with Crippen LogP contribution >= 0.6 is 11.6 Å². The second kappa shape index (κ2) is 5.56. The number of hydrogen-bond donors (Lipinski definition) is 1. The molecular formula is C14H20ClN5. The molecule has 0 bridgehead atoms. The fourth-order valence-electron chi connectivity index (χ4n) is 3.16. The molecule has 0 unspecified atom stereocenters. The molecule has 5 nitrogen and oxygen atoms in total. The first-order valence-electron chi connectivity index (χ1n) is 7.28. The van der Waals surface area contributed by atoms with E-state index in [-0.39, 0.29) is 5.28 Å². The van der Waals surface area contributed by atoms with Crippen molar-refractivity contribution in [2.75, 3.05) is 11.9 Å². The van der Waals surface area contributed by atoms with Crippen molar-refractivity contribution in [3.05, 3.63) is 11.6 Å². The molecule has 0 aliphatic heterocycles. The largest absolute Gasteiger partial charge is 0.355 e. The first-order chi connectivity index (χ1) is 9.69. The van der Waals surface area contributed by atoms with E-state index in [1.165, 1.54) is 32.1 Å². The van der Waals surface area contributed by atoms with E-state index in [9.17, 15) is 0 Å². The third-order valence-electron chi connectivity index (χ3n) is 4.51. The second-order valence-corrected chi connectivity index (χ2v) is 5.95. The van der Waals surface area contributed by atoms with E-state index in [1.54, 1.807) is 6.33 Å². The van der Waals surface area contributed by atoms with E-state index in [0.717, 1.165) is 17.3 Å². The van der Waals surface area contributed by atoms with Crippen LogP contribution < -0.4 is 4.90 Å². The quantitative estimate of drug-likeness (QED) is 0.881. The van der Waals surface area contributed by atoms with Gasteiger partial charge in [0.05, 0.1) is 6.33 Å². The summed E-state index contributed by atoms with van der Waals surface area (Å²) in [5.41, 5.74) is 1.50. The highest BCUT2D eigenvalue weighted by Crippen LogP contribution is 2.32. The highest BCUT2D eigenvalue weighted by Gasteiger charge is 2.25. The van der Waals surface area contributed by atoms with Gasteiger partial charge in [-0.3, -0.25) is 0 Å². The number of H-pyrrole nitrogens is 1. The highest BCUT2D eigenvalue weighted by atomic mass is 35.5. The molecule has 1 fully saturated rings. The second-order valence-electron chi connectivity index (χ2n) is 5.61. The van der Waals surface area contributed by atoms with Crippen LogP contribution in [0.3, 0.4) is 0 Å². The summed E-state index contributed by atoms with van der Waals surface area (Å²) in [5.74, 6) is 1.75. The summed E-state index contributed by atoms with van der Waals surface area (Å²) in [5, 5.41) is 0.258. The fourth-order valence-corrected chi connectivity index (χ4v) is 3.32. The lowest BCUT2D eigenvalue weighted by Gasteiger charge is -2.35. The maximum absolute atomic E-state index is 6.01. The monoisotopic (exact) mass is 293 g/mol. The first-order valence-corrected chi connectivity index (χ1v) is 7.66. The van der Waals surface area contributed by atoms with Gasteiger partial charge >= 0.3 is 0 Å². The third kappa shape index (κ3) is 2.46. The molecule has 0 radical (unpaired) electrons. The van der Waals surface area contributed by atoms with Crippen molar-refractivity contribution in [1.29, 1.82) is 0 Å². The van der Waals surface area contributed by atoms with Crippen molar-refractivity contribution in [1.82, 2.24) is 19.9 Å². The number of rotatable bonds is 3. The number of imidazole rings is 1. The van der Waals surface area contributed by atoms with E-state index in [1.807, 2.05) is 0 Å². The predicted molar refractivity (Wildman–Crippen MR) is 81.1 cm³/mol. The number of halogens is 1. The molecule has 6 heteroatoms. The van der Waals surface area contributed by atoms with Gasteiger partial charge in [0.2, 0.25) is 5.28 Å². The Hall–Kier alpha value is -1.36. The number of aromatic nitrogens is 4. The minimum absolute atomic E-state index is 0.258. The molecule has 2 aromatic rings. The lowest BCUT2D eigenvalue weighted by molar-refractivity contribution is 0.313. The maximum Gasteiger partial charge on any atom is 0.226 e. The molecule has 0 saturated heterocycles. The highest BCUT2D eigenvalue weighted by molar-refractivity contribution is 6.28. The van der Waals surface area contributed by atoms with Crippen molar-refractivity contribution in [2.24, 2.45) is 5.92 Å². The van der Waals surface area contributed by atoms with Crippen molar-refractivity contribution < 1.29 is 0 Å². The van der Waals surface area contributed by atoms with E-state index in [4.69, 9.17) is 11.6 Å². The standard InChI is InChI=1S/C14H20ClN5/c1-3-9-4-6-10(7-5-9)20(2)13-11-12(17-8-16-11)18-14(15)19-13/h8-10H,3-7H2,1-2H3,(H,16,17,18,19). The zero-order chi connectivity index (χ0) is 14.1. The van der Waals surface area contributed by atoms with Crippen molar-refractivity contribution in [3.8, 4) is 0 Å². The molecule has 2 aromatic heterocycles. The van der Waals surface area contributed by atoms with Gasteiger partial charge in [0, 0.05) is 13.1 Å². The lowest BCUT2D eigenvalue weighted by atomic mass is 9.84. The Morgan fingerprint density at radius 3 is 2.75 bits per heavy atom. The van der Waals surface area contributed by atoms with Crippen LogP contribution in [0, 0.1) is 5.92 Å². The number of hydrogen-bond acceptors (Lipinski definition) is 4. The Balaban J connectivity index is 1.85. The smallest absolute Gasteiger partial charge is 0.226 e. The van der Waals surface area contributed by atoms with Gasteiger partial charge in [-0.2, -0.15) is 9.97 Å². The van der Waals surface area contributed by atoms with Crippen molar-refractivity contribution >= 4 is 28.6 Å². The van der Waals surface area contributed by atoms with E-state index >= 15 is 0 Å². The predicted octanol–water partition coefficient (Wildman–Crippen LogP) is 3.41. The number of fused-ring (bicyclic) bond motifs is 1. The summed E-state index contributed by atoms with van der Waals surface area (Å²) >= 11 is 6.01. The Kier molecular flexibility index (Phi) is 3.78. The van der Waals surface area contributed by atoms with Crippen molar-refractivity contribution in [2.45, 2.75) is 45.1 Å². The van der Waals surface area contributed by atoms with E-state index in [2.05, 4.69) is 38.8 Å². The average Bonchev–Trinajstić information content (AvgIpc) is 2.94. The van der Waals surface area contributed by atoms with Crippen molar-refractivity contribution in [3.63, 3.8) is 0 Å². The Bertz CT molecular complexity index is 588. The first kappa shape index (κ1) is 13.6. The molecule has 20 heavy (non-hydrogen) atoms. The molecule has 1 saturated carbocycles. The number of anilines is 1. The Labute approximate surface area is 123 Å². The summed E-state index contributed by atoms with van der Waals surface area (Å²) in [6, 6.07) is 0.523. The lowest BCUT2D eigenvalue weighted by Crippen LogP contribution is -2.35. The minimum Gasteiger partial charge on any atom is -0.355 e. The van der Waals surface area contributed by atoms with Crippen LogP contribution in [-0.2, 0) is 0 Å². The molecule has 0 amide bonds. The van der Waals surface area contributed by atoms with Gasteiger partial charge in [0.1, 0.15) is 5.52 Å². The van der Waals surface area contributed by atoms with Crippen LogP contribution in [0.5, 0.6) is 0 Å². The third-order valence-corrected chi connectivity index (χ3v) is 4.68. The van der Waals surface area contributed by atoms with Crippen LogP contribution in [0.1, 0.15) is 39.0 Å². The number of nitrogens with zero attached hydrogens (tertiary/aromatic N) is 4. The maximum atomic E-state index is 6.01. The van der Waals surface area contributed by atoms with Gasteiger partial charge in [-0.1, -0.05) is 13.3 Å². The van der Waals surface area contributed by atoms with Crippen LogP contribution in [0.25, 0.3) is 11.2 Å². The van der Waals surface area contributed by atoms with Crippen LogP contribution in [-0.4, -0.2) is 33.0 Å². The van der Waals surface area contributed by atoms with Crippen LogP contribution in [0.15, 0.2) is 6.33 Å². The topological polar surface area (TPSA) is 57.7 Å². The Morgan fingerprint density at radius 2 is 2.05 bits per heavy atom. The fraction of sp³-hybridized carbons (Fsp3) is 0.643. The SMILES string of the molecule is CCC1CCC(N(C)c2nc(Cl)nc3nc[nH]c23)CC1. The molecule has 1 aliphatic carbocycles. The van der Waals surface area contributed by atoms with Gasteiger partial charge in [-0.25, -0.2) is 4.98 Å². The summed E-state index contributed by atoms with van der Waals surface area (Å²) in [6.07, 6.45) is 7.97. The molecule has 0 spiro atoms. The summed E-state index contributed by atoms with van der Waals surface area (Å²) < 4.78 is 0. The van der Waals surface area contributed by atoms with Crippen LogP contribution in [0.4, 0.5) is 5.82 Å². The number of nitrogens with one attached hydrogen (secondary N) is 1. The van der Waals surface area contributed by atoms with Gasteiger partial charge < -0.3 is 9.88 Å². The molecule has 2 heterocycles. The van der Waals surface area contributed by atoms with Gasteiger partial charge in [0.15, 0.2) is 11.5 Å². The summed E-state index contributed by atoms with van der Waals surface area (Å²) in [4.78, 5) is 18.1. The molecule has 3 rings (SSSR count). The van der Waals surface area contributed by atoms with Gasteiger partial charge in [0.25, 0.3) is 0 Å². The molecule has 1 N–H and O–H groups in total. The molecule has 0 aromatic carbocycles. The van der Waals surface area contributed by atoms with Gasteiger partial charge in [-0.05, 0) is 43.2 Å². The molecule has 1 aliphatic rings. The number of aromatic amines is 1. The molecule has 108 valence electrons. The van der Waals surface area contributed by atoms with E-state index in [0.29, 0.717) is 11.7 Å². The normalized spacial score (nSPS) is 23.1. The zero-order valence-electron chi connectivity index (χ0n) is 11.9. The summed E-state index contributed by atoms with van der Waals surface area (Å²) in [7, 11) is 2.09. The molecular weight excluding hydrogens is 274 g/mol. The summed E-state index contributed by atoms with van der Waals surface area (Å²) in [6.45, 7) is 2.28. The van der Waals surface area contributed by atoms with Gasteiger partial charge in [-0.15, -0.1) is 0 Å².